The number of nitrogens with zero attached hydrogens (tertiary/aromatic N) is 1. The molecular weight excluding hydrogens is 212 g/mol. The average Bonchev–Trinajstić information content (AvgIpc) is 2.37. The van der Waals surface area contributed by atoms with Crippen LogP contribution in [0.4, 0.5) is 0 Å². The van der Waals surface area contributed by atoms with Crippen molar-refractivity contribution in [1.82, 2.24) is 4.98 Å². The zero-order valence-corrected chi connectivity index (χ0v) is 10.1. The average molecular weight is 228 g/mol. The van der Waals surface area contributed by atoms with Crippen LogP contribution in [-0.4, -0.2) is 17.3 Å². The predicted octanol–water partition coefficient (Wildman–Crippen LogP) is 2.40. The first kappa shape index (κ1) is 11.7. The fraction of sp³-hybridized carbons (Fsp3) is 0.286. The van der Waals surface area contributed by atoms with Crippen molar-refractivity contribution in [3.8, 4) is 0 Å². The molecule has 1 heterocycles. The third-order valence-electron chi connectivity index (χ3n) is 3.05. The number of nitrogens with two attached hydrogens (primary N) is 1. The number of carbonyl (C=O) groups is 1. The second-order valence-corrected chi connectivity index (χ2v) is 4.82. The molecule has 3 heteroatoms. The molecule has 1 aromatic carbocycles. The molecule has 0 aliphatic rings. The number of ketones is 1. The topological polar surface area (TPSA) is 56.0 Å². The molecule has 0 spiro atoms. The highest BCUT2D eigenvalue weighted by Crippen LogP contribution is 2.25. The molecular formula is C14H16N2O. The van der Waals surface area contributed by atoms with E-state index < -0.39 is 5.41 Å². The summed E-state index contributed by atoms with van der Waals surface area (Å²) >= 11 is 0. The van der Waals surface area contributed by atoms with Gasteiger partial charge in [0.25, 0.3) is 0 Å². The van der Waals surface area contributed by atoms with E-state index in [9.17, 15) is 4.79 Å². The van der Waals surface area contributed by atoms with Gasteiger partial charge in [-0.1, -0.05) is 32.0 Å². The Morgan fingerprint density at radius 1 is 1.35 bits per heavy atom. The Bertz CT molecular complexity index is 556. The Balaban J connectivity index is 2.60. The molecule has 3 nitrogen and oxygen atoms in total. The van der Waals surface area contributed by atoms with Gasteiger partial charge in [-0.3, -0.25) is 9.78 Å². The first-order chi connectivity index (χ1) is 8.06. The number of pyridine rings is 1. The van der Waals surface area contributed by atoms with E-state index >= 15 is 0 Å². The zero-order chi connectivity index (χ0) is 12.5. The van der Waals surface area contributed by atoms with Gasteiger partial charge in [-0.25, -0.2) is 0 Å². The van der Waals surface area contributed by atoms with Crippen LogP contribution in [-0.2, 0) is 0 Å². The largest absolute Gasteiger partial charge is 0.329 e. The summed E-state index contributed by atoms with van der Waals surface area (Å²) in [5.74, 6) is 0.0681. The first-order valence-corrected chi connectivity index (χ1v) is 5.64. The van der Waals surface area contributed by atoms with Crippen molar-refractivity contribution in [2.24, 2.45) is 11.1 Å². The third kappa shape index (κ3) is 2.06. The molecule has 0 bridgehead atoms. The van der Waals surface area contributed by atoms with Crippen LogP contribution in [0, 0.1) is 5.41 Å². The maximum Gasteiger partial charge on any atom is 0.170 e. The molecule has 2 aromatic rings. The van der Waals surface area contributed by atoms with Crippen molar-refractivity contribution >= 4 is 16.6 Å². The number of fused-ring (bicyclic) bond motifs is 1. The van der Waals surface area contributed by atoms with Crippen LogP contribution in [0.5, 0.6) is 0 Å². The van der Waals surface area contributed by atoms with Crippen molar-refractivity contribution in [3.05, 3.63) is 42.2 Å². The van der Waals surface area contributed by atoms with Gasteiger partial charge < -0.3 is 5.73 Å². The number of rotatable bonds is 3. The lowest BCUT2D eigenvalue weighted by Gasteiger charge is -2.21. The number of aromatic nitrogens is 1. The van der Waals surface area contributed by atoms with Gasteiger partial charge in [0.2, 0.25) is 0 Å². The molecule has 0 atom stereocenters. The van der Waals surface area contributed by atoms with Crippen LogP contribution in [0.3, 0.4) is 0 Å². The lowest BCUT2D eigenvalue weighted by atomic mass is 9.83. The third-order valence-corrected chi connectivity index (χ3v) is 3.05. The molecule has 17 heavy (non-hydrogen) atoms. The summed E-state index contributed by atoms with van der Waals surface area (Å²) in [5.41, 5.74) is 5.81. The molecule has 0 amide bonds. The van der Waals surface area contributed by atoms with E-state index in [2.05, 4.69) is 4.98 Å². The highest BCUT2D eigenvalue weighted by Gasteiger charge is 2.27. The summed E-state index contributed by atoms with van der Waals surface area (Å²) in [6, 6.07) is 7.61. The smallest absolute Gasteiger partial charge is 0.170 e. The fourth-order valence-corrected chi connectivity index (χ4v) is 1.77. The molecule has 88 valence electrons. The number of hydrogen-bond acceptors (Lipinski definition) is 3. The number of carbonyl (C=O) groups excluding carboxylic acids is 1. The molecule has 0 unspecified atom stereocenters. The fourth-order valence-electron chi connectivity index (χ4n) is 1.77. The Labute approximate surface area is 101 Å². The second-order valence-electron chi connectivity index (χ2n) is 4.82. The van der Waals surface area contributed by atoms with Crippen molar-refractivity contribution in [1.29, 1.82) is 0 Å². The van der Waals surface area contributed by atoms with Gasteiger partial charge in [0, 0.05) is 35.3 Å². The van der Waals surface area contributed by atoms with E-state index in [0.717, 1.165) is 10.8 Å². The maximum absolute atomic E-state index is 12.4. The minimum Gasteiger partial charge on any atom is -0.329 e. The SMILES string of the molecule is CC(C)(CN)C(=O)c1cccc2ccncc12. The molecule has 0 saturated carbocycles. The Morgan fingerprint density at radius 2 is 2.12 bits per heavy atom. The van der Waals surface area contributed by atoms with E-state index in [4.69, 9.17) is 5.73 Å². The normalized spacial score (nSPS) is 11.7. The van der Waals surface area contributed by atoms with Crippen LogP contribution in [0.2, 0.25) is 0 Å². The number of benzene rings is 1. The lowest BCUT2D eigenvalue weighted by Crippen LogP contribution is -2.32. The van der Waals surface area contributed by atoms with Crippen LogP contribution in [0.15, 0.2) is 36.7 Å². The van der Waals surface area contributed by atoms with Crippen molar-refractivity contribution in [3.63, 3.8) is 0 Å². The predicted molar refractivity (Wildman–Crippen MR) is 68.9 cm³/mol. The summed E-state index contributed by atoms with van der Waals surface area (Å²) in [4.78, 5) is 16.5. The minimum absolute atomic E-state index is 0.0681. The number of Topliss-reactive ketones (excluding diaryl/α,β-unsaturated/α-hetero) is 1. The van der Waals surface area contributed by atoms with Gasteiger partial charge >= 0.3 is 0 Å². The molecule has 0 saturated heterocycles. The summed E-state index contributed by atoms with van der Waals surface area (Å²) in [5, 5.41) is 1.92. The molecule has 2 rings (SSSR count). The Hall–Kier alpha value is -1.74. The van der Waals surface area contributed by atoms with Crippen molar-refractivity contribution < 1.29 is 4.79 Å². The lowest BCUT2D eigenvalue weighted by molar-refractivity contribution is 0.0849. The molecule has 0 fully saturated rings. The van der Waals surface area contributed by atoms with Crippen LogP contribution in [0.1, 0.15) is 24.2 Å². The minimum atomic E-state index is -0.538. The summed E-state index contributed by atoms with van der Waals surface area (Å²) in [6.07, 6.45) is 3.46. The van der Waals surface area contributed by atoms with Crippen molar-refractivity contribution in [2.75, 3.05) is 6.54 Å². The van der Waals surface area contributed by atoms with Gasteiger partial charge in [-0.05, 0) is 11.5 Å². The molecule has 0 radical (unpaired) electrons. The zero-order valence-electron chi connectivity index (χ0n) is 10.1. The molecule has 2 N–H and O–H groups in total. The van der Waals surface area contributed by atoms with Crippen molar-refractivity contribution in [2.45, 2.75) is 13.8 Å². The second kappa shape index (κ2) is 4.26. The van der Waals surface area contributed by atoms with E-state index in [-0.39, 0.29) is 5.78 Å². The summed E-state index contributed by atoms with van der Waals surface area (Å²) in [6.45, 7) is 4.07. The molecule has 0 aliphatic heterocycles. The van der Waals surface area contributed by atoms with E-state index in [1.54, 1.807) is 12.4 Å². The first-order valence-electron chi connectivity index (χ1n) is 5.64. The highest BCUT2D eigenvalue weighted by molar-refractivity contribution is 6.10. The van der Waals surface area contributed by atoms with Gasteiger partial charge in [-0.2, -0.15) is 0 Å². The Kier molecular flexibility index (Phi) is 2.94. The quantitative estimate of drug-likeness (QED) is 0.821. The van der Waals surface area contributed by atoms with Crippen LogP contribution < -0.4 is 5.73 Å². The number of hydrogen-bond donors (Lipinski definition) is 1. The van der Waals surface area contributed by atoms with Gasteiger partial charge in [0.05, 0.1) is 0 Å². The van der Waals surface area contributed by atoms with Gasteiger partial charge in [-0.15, -0.1) is 0 Å². The van der Waals surface area contributed by atoms with Gasteiger partial charge in [0.15, 0.2) is 5.78 Å². The highest BCUT2D eigenvalue weighted by atomic mass is 16.1. The monoisotopic (exact) mass is 228 g/mol. The van der Waals surface area contributed by atoms with E-state index in [1.165, 1.54) is 0 Å². The summed E-state index contributed by atoms with van der Waals surface area (Å²) < 4.78 is 0. The standard InChI is InChI=1S/C14H16N2O/c1-14(2,9-15)13(17)11-5-3-4-10-6-7-16-8-12(10)11/h3-8H,9,15H2,1-2H3. The maximum atomic E-state index is 12.4. The molecule has 1 aromatic heterocycles. The Morgan fingerprint density at radius 3 is 2.82 bits per heavy atom. The van der Waals surface area contributed by atoms with Crippen LogP contribution in [0.25, 0.3) is 10.8 Å². The van der Waals surface area contributed by atoms with Gasteiger partial charge in [0.1, 0.15) is 0 Å². The van der Waals surface area contributed by atoms with E-state index in [0.29, 0.717) is 12.1 Å². The van der Waals surface area contributed by atoms with E-state index in [1.807, 2.05) is 38.1 Å². The van der Waals surface area contributed by atoms with Crippen LogP contribution >= 0.6 is 0 Å². The summed E-state index contributed by atoms with van der Waals surface area (Å²) in [7, 11) is 0. The molecule has 0 aliphatic carbocycles.